The van der Waals surface area contributed by atoms with Crippen LogP contribution in [-0.4, -0.2) is 15.0 Å². The Balaban J connectivity index is 0.00000128. The third-order valence-corrected chi connectivity index (χ3v) is 2.52. The van der Waals surface area contributed by atoms with E-state index < -0.39 is 0 Å². The quantitative estimate of drug-likeness (QED) is 0.815. The number of nitrogens with one attached hydrogen (secondary N) is 1. The largest absolute Gasteiger partial charge is 0.340 e. The third-order valence-electron chi connectivity index (χ3n) is 2.52. The summed E-state index contributed by atoms with van der Waals surface area (Å²) in [4.78, 5) is 12.3. The molecule has 2 heterocycles. The normalized spacial score (nSPS) is 11.9. The fraction of sp³-hybridized carbons (Fsp3) is 0.500. The smallest absolute Gasteiger partial charge is 0.177 e. The number of rotatable bonds is 2. The summed E-state index contributed by atoms with van der Waals surface area (Å²) in [6, 6.07) is 4.13. The van der Waals surface area contributed by atoms with Gasteiger partial charge in [0.05, 0.1) is 5.52 Å². The van der Waals surface area contributed by atoms with E-state index in [-0.39, 0.29) is 1.43 Å². The van der Waals surface area contributed by atoms with Gasteiger partial charge in [0.15, 0.2) is 5.65 Å². The summed E-state index contributed by atoms with van der Waals surface area (Å²) in [6.07, 6.45) is 0. The molecule has 3 heteroatoms. The van der Waals surface area contributed by atoms with Gasteiger partial charge in [-0.15, -0.1) is 0 Å². The zero-order chi connectivity index (χ0) is 11.0. The van der Waals surface area contributed by atoms with Crippen molar-refractivity contribution >= 4 is 11.2 Å². The number of pyridine rings is 1. The van der Waals surface area contributed by atoms with Crippen LogP contribution >= 0.6 is 0 Å². The lowest BCUT2D eigenvalue weighted by Gasteiger charge is -2.01. The first-order chi connectivity index (χ1) is 7.08. The van der Waals surface area contributed by atoms with Crippen LogP contribution in [0.3, 0.4) is 0 Å². The van der Waals surface area contributed by atoms with Crippen molar-refractivity contribution in [3.05, 3.63) is 23.7 Å². The van der Waals surface area contributed by atoms with Crippen LogP contribution in [0, 0.1) is 0 Å². The standard InChI is InChI=1S/C12H17N3.H2/c1-7(2)9-5-6-10-12(13-9)15-11(14-10)8(3)4;/h5-8H,1-4H3,(H,13,14,15);1H. The molecular formula is C12H19N3. The fourth-order valence-corrected chi connectivity index (χ4v) is 1.52. The Labute approximate surface area is 91.4 Å². The molecule has 0 aliphatic rings. The number of aromatic amines is 1. The SMILES string of the molecule is CC(C)c1ccc2[nH]c(C(C)C)nc2n1.[HH]. The molecule has 2 aromatic heterocycles. The van der Waals surface area contributed by atoms with Crippen molar-refractivity contribution in [2.75, 3.05) is 0 Å². The summed E-state index contributed by atoms with van der Waals surface area (Å²) in [5, 5.41) is 0. The Morgan fingerprint density at radius 1 is 1.07 bits per heavy atom. The molecule has 0 radical (unpaired) electrons. The van der Waals surface area contributed by atoms with Gasteiger partial charge >= 0.3 is 0 Å². The van der Waals surface area contributed by atoms with Gasteiger partial charge in [0.25, 0.3) is 0 Å². The summed E-state index contributed by atoms with van der Waals surface area (Å²) in [5.74, 6) is 1.88. The van der Waals surface area contributed by atoms with Gasteiger partial charge in [0.1, 0.15) is 5.82 Å². The van der Waals surface area contributed by atoms with Crippen molar-refractivity contribution in [2.24, 2.45) is 0 Å². The first-order valence-corrected chi connectivity index (χ1v) is 5.44. The Morgan fingerprint density at radius 3 is 2.40 bits per heavy atom. The van der Waals surface area contributed by atoms with Gasteiger partial charge in [-0.3, -0.25) is 0 Å². The summed E-state index contributed by atoms with van der Waals surface area (Å²) in [5.41, 5.74) is 2.97. The van der Waals surface area contributed by atoms with Crippen molar-refractivity contribution in [2.45, 2.75) is 39.5 Å². The number of hydrogen-bond donors (Lipinski definition) is 1. The highest BCUT2D eigenvalue weighted by Gasteiger charge is 2.08. The van der Waals surface area contributed by atoms with Crippen molar-refractivity contribution in [1.29, 1.82) is 0 Å². The summed E-state index contributed by atoms with van der Waals surface area (Å²) < 4.78 is 0. The van der Waals surface area contributed by atoms with Crippen LogP contribution in [0.15, 0.2) is 12.1 Å². The summed E-state index contributed by atoms with van der Waals surface area (Å²) in [6.45, 7) is 8.54. The van der Waals surface area contributed by atoms with Crippen molar-refractivity contribution in [3.63, 3.8) is 0 Å². The van der Waals surface area contributed by atoms with Gasteiger partial charge in [-0.05, 0) is 18.1 Å². The minimum absolute atomic E-state index is 0. The first kappa shape index (κ1) is 10.1. The molecule has 15 heavy (non-hydrogen) atoms. The molecule has 0 saturated heterocycles. The van der Waals surface area contributed by atoms with Crippen LogP contribution in [0.4, 0.5) is 0 Å². The van der Waals surface area contributed by atoms with Crippen molar-refractivity contribution in [1.82, 2.24) is 15.0 Å². The average molecular weight is 205 g/mol. The minimum Gasteiger partial charge on any atom is -0.340 e. The average Bonchev–Trinajstić information content (AvgIpc) is 2.59. The lowest BCUT2D eigenvalue weighted by Crippen LogP contribution is -1.92. The van der Waals surface area contributed by atoms with E-state index in [1.807, 2.05) is 0 Å². The van der Waals surface area contributed by atoms with Crippen molar-refractivity contribution < 1.29 is 1.43 Å². The molecular weight excluding hydrogens is 186 g/mol. The molecule has 0 fully saturated rings. The van der Waals surface area contributed by atoms with Gasteiger partial charge in [-0.2, -0.15) is 0 Å². The van der Waals surface area contributed by atoms with Crippen LogP contribution < -0.4 is 0 Å². The van der Waals surface area contributed by atoms with E-state index in [1.165, 1.54) is 0 Å². The molecule has 0 aromatic carbocycles. The molecule has 0 aliphatic heterocycles. The molecule has 0 amide bonds. The number of aromatic nitrogens is 3. The molecule has 2 aromatic rings. The van der Waals surface area contributed by atoms with E-state index in [2.05, 4.69) is 54.8 Å². The zero-order valence-electron chi connectivity index (χ0n) is 9.70. The molecule has 0 unspecified atom stereocenters. The molecule has 0 atom stereocenters. The fourth-order valence-electron chi connectivity index (χ4n) is 1.52. The number of H-pyrrole nitrogens is 1. The van der Waals surface area contributed by atoms with Gasteiger partial charge in [-0.25, -0.2) is 9.97 Å². The number of fused-ring (bicyclic) bond motifs is 1. The van der Waals surface area contributed by atoms with Crippen LogP contribution in [0.5, 0.6) is 0 Å². The lowest BCUT2D eigenvalue weighted by molar-refractivity contribution is 0.796. The monoisotopic (exact) mass is 205 g/mol. The molecule has 1 N–H and O–H groups in total. The Hall–Kier alpha value is -1.38. The van der Waals surface area contributed by atoms with Gasteiger partial charge in [-0.1, -0.05) is 27.7 Å². The molecule has 3 nitrogen and oxygen atoms in total. The maximum Gasteiger partial charge on any atom is 0.177 e. The molecule has 0 saturated carbocycles. The maximum atomic E-state index is 4.54. The third kappa shape index (κ3) is 1.87. The van der Waals surface area contributed by atoms with Gasteiger partial charge < -0.3 is 4.98 Å². The first-order valence-electron chi connectivity index (χ1n) is 5.44. The van der Waals surface area contributed by atoms with E-state index >= 15 is 0 Å². The van der Waals surface area contributed by atoms with Crippen LogP contribution in [-0.2, 0) is 0 Å². The number of imidazole rings is 1. The van der Waals surface area contributed by atoms with E-state index in [0.717, 1.165) is 22.7 Å². The van der Waals surface area contributed by atoms with Crippen LogP contribution in [0.1, 0.15) is 52.5 Å². The predicted molar refractivity (Wildman–Crippen MR) is 64.2 cm³/mol. The van der Waals surface area contributed by atoms with E-state index in [0.29, 0.717) is 11.8 Å². The van der Waals surface area contributed by atoms with E-state index in [9.17, 15) is 0 Å². The van der Waals surface area contributed by atoms with Gasteiger partial charge in [0.2, 0.25) is 0 Å². The molecule has 0 bridgehead atoms. The lowest BCUT2D eigenvalue weighted by atomic mass is 10.1. The molecule has 82 valence electrons. The molecule has 2 rings (SSSR count). The number of hydrogen-bond acceptors (Lipinski definition) is 2. The second kappa shape index (κ2) is 3.65. The highest BCUT2D eigenvalue weighted by molar-refractivity contribution is 5.70. The Bertz CT molecular complexity index is 468. The van der Waals surface area contributed by atoms with Crippen LogP contribution in [0.25, 0.3) is 11.2 Å². The predicted octanol–water partition coefficient (Wildman–Crippen LogP) is 3.45. The second-order valence-corrected chi connectivity index (χ2v) is 4.54. The second-order valence-electron chi connectivity index (χ2n) is 4.54. The minimum atomic E-state index is 0. The highest BCUT2D eigenvalue weighted by atomic mass is 15.0. The van der Waals surface area contributed by atoms with Crippen molar-refractivity contribution in [3.8, 4) is 0 Å². The maximum absolute atomic E-state index is 4.54. The van der Waals surface area contributed by atoms with E-state index in [4.69, 9.17) is 0 Å². The Morgan fingerprint density at radius 2 is 1.80 bits per heavy atom. The highest BCUT2D eigenvalue weighted by Crippen LogP contribution is 2.18. The molecule has 0 spiro atoms. The zero-order valence-corrected chi connectivity index (χ0v) is 9.70. The molecule has 0 aliphatic carbocycles. The topological polar surface area (TPSA) is 41.6 Å². The number of nitrogens with zero attached hydrogens (tertiary/aromatic N) is 2. The van der Waals surface area contributed by atoms with Gasteiger partial charge in [0, 0.05) is 13.0 Å². The van der Waals surface area contributed by atoms with E-state index in [1.54, 1.807) is 0 Å². The van der Waals surface area contributed by atoms with Crippen LogP contribution in [0.2, 0.25) is 0 Å². The summed E-state index contributed by atoms with van der Waals surface area (Å²) >= 11 is 0. The Kier molecular flexibility index (Phi) is 2.47. The summed E-state index contributed by atoms with van der Waals surface area (Å²) in [7, 11) is 0.